The molecule has 2 N–H and O–H groups in total. The number of nitrogens with one attached hydrogen (secondary N) is 2. The molecule has 2 aromatic carbocycles. The molecule has 2 aromatic rings. The summed E-state index contributed by atoms with van der Waals surface area (Å²) in [5.74, 6) is 0.0151. The van der Waals surface area contributed by atoms with E-state index in [2.05, 4.69) is 10.6 Å². The van der Waals surface area contributed by atoms with Gasteiger partial charge in [-0.3, -0.25) is 9.59 Å². The van der Waals surface area contributed by atoms with Crippen LogP contribution in [-0.4, -0.2) is 31.2 Å². The second-order valence-electron chi connectivity index (χ2n) is 6.54. The monoisotopic (exact) mass is 408 g/mol. The predicted octanol–water partition coefficient (Wildman–Crippen LogP) is 3.84. The van der Waals surface area contributed by atoms with Crippen molar-refractivity contribution in [1.29, 1.82) is 0 Å². The smallest absolute Gasteiger partial charge is 0.422 e. The Morgan fingerprint density at radius 2 is 1.97 bits per heavy atom. The SMILES string of the molecule is Cc1c(NC(=O)COc2ccc3c(c2)CCC(=O)N3)cccc1OCC(F)(F)F. The molecule has 0 bridgehead atoms. The van der Waals surface area contributed by atoms with Gasteiger partial charge in [-0.2, -0.15) is 13.2 Å². The molecule has 0 saturated heterocycles. The molecule has 29 heavy (non-hydrogen) atoms. The summed E-state index contributed by atoms with van der Waals surface area (Å²) >= 11 is 0. The number of rotatable bonds is 6. The zero-order chi connectivity index (χ0) is 21.0. The van der Waals surface area contributed by atoms with Crippen LogP contribution in [0.2, 0.25) is 0 Å². The molecule has 0 unspecified atom stereocenters. The molecular weight excluding hydrogens is 389 g/mol. The van der Waals surface area contributed by atoms with Gasteiger partial charge >= 0.3 is 6.18 Å². The first-order valence-electron chi connectivity index (χ1n) is 8.86. The highest BCUT2D eigenvalue weighted by molar-refractivity contribution is 5.94. The van der Waals surface area contributed by atoms with Crippen molar-refractivity contribution in [2.24, 2.45) is 0 Å². The number of anilines is 2. The predicted molar refractivity (Wildman–Crippen MR) is 100 cm³/mol. The number of aryl methyl sites for hydroxylation is 1. The molecule has 0 saturated carbocycles. The number of halogens is 3. The Balaban J connectivity index is 1.58. The first-order valence-corrected chi connectivity index (χ1v) is 8.86. The molecule has 0 aliphatic carbocycles. The number of ether oxygens (including phenoxy) is 2. The standard InChI is InChI=1S/C20H19F3N2O4/c1-12-15(3-2-4-17(12)29-11-20(21,22)23)24-19(27)10-28-14-6-7-16-13(9-14)5-8-18(26)25-16/h2-4,6-7,9H,5,8,10-11H2,1H3,(H,24,27)(H,25,26). The van der Waals surface area contributed by atoms with Crippen molar-refractivity contribution in [3.05, 3.63) is 47.5 Å². The summed E-state index contributed by atoms with van der Waals surface area (Å²) in [4.78, 5) is 23.6. The second-order valence-corrected chi connectivity index (χ2v) is 6.54. The summed E-state index contributed by atoms with van der Waals surface area (Å²) < 4.78 is 47.3. The second kappa shape index (κ2) is 8.42. The molecule has 0 atom stereocenters. The molecule has 2 amide bonds. The van der Waals surface area contributed by atoms with E-state index in [0.717, 1.165) is 11.3 Å². The molecule has 154 valence electrons. The van der Waals surface area contributed by atoms with Crippen LogP contribution in [0.15, 0.2) is 36.4 Å². The highest BCUT2D eigenvalue weighted by atomic mass is 19.4. The van der Waals surface area contributed by atoms with E-state index in [9.17, 15) is 22.8 Å². The summed E-state index contributed by atoms with van der Waals surface area (Å²) in [6, 6.07) is 9.58. The molecule has 1 aliphatic rings. The third kappa shape index (κ3) is 5.63. The van der Waals surface area contributed by atoms with Crippen LogP contribution >= 0.6 is 0 Å². The van der Waals surface area contributed by atoms with E-state index in [1.807, 2.05) is 0 Å². The third-order valence-electron chi connectivity index (χ3n) is 4.29. The number of amides is 2. The van der Waals surface area contributed by atoms with Crippen molar-refractivity contribution in [2.75, 3.05) is 23.8 Å². The summed E-state index contributed by atoms with van der Waals surface area (Å²) in [7, 11) is 0. The van der Waals surface area contributed by atoms with Gasteiger partial charge in [0, 0.05) is 23.4 Å². The molecule has 0 spiro atoms. The van der Waals surface area contributed by atoms with Crippen LogP contribution in [0.4, 0.5) is 24.5 Å². The molecule has 9 heteroatoms. The molecular formula is C20H19F3N2O4. The maximum atomic E-state index is 12.3. The number of hydrogen-bond acceptors (Lipinski definition) is 4. The average Bonchev–Trinajstić information content (AvgIpc) is 2.66. The van der Waals surface area contributed by atoms with Gasteiger partial charge in [-0.25, -0.2) is 0 Å². The molecule has 6 nitrogen and oxygen atoms in total. The van der Waals surface area contributed by atoms with Crippen molar-refractivity contribution in [3.63, 3.8) is 0 Å². The van der Waals surface area contributed by atoms with Crippen LogP contribution in [0.5, 0.6) is 11.5 Å². The maximum Gasteiger partial charge on any atom is 0.422 e. The topological polar surface area (TPSA) is 76.7 Å². The van der Waals surface area contributed by atoms with Gasteiger partial charge in [0.05, 0.1) is 0 Å². The Morgan fingerprint density at radius 1 is 1.17 bits per heavy atom. The van der Waals surface area contributed by atoms with Gasteiger partial charge in [0.2, 0.25) is 5.91 Å². The quantitative estimate of drug-likeness (QED) is 0.762. The first-order chi connectivity index (χ1) is 13.7. The fraction of sp³-hybridized carbons (Fsp3) is 0.300. The lowest BCUT2D eigenvalue weighted by atomic mass is 10.0. The van der Waals surface area contributed by atoms with Crippen LogP contribution in [0.1, 0.15) is 17.5 Å². The van der Waals surface area contributed by atoms with E-state index in [4.69, 9.17) is 9.47 Å². The van der Waals surface area contributed by atoms with E-state index in [1.165, 1.54) is 12.1 Å². The fourth-order valence-corrected chi connectivity index (χ4v) is 2.85. The van der Waals surface area contributed by atoms with E-state index in [0.29, 0.717) is 29.8 Å². The number of fused-ring (bicyclic) bond motifs is 1. The summed E-state index contributed by atoms with van der Waals surface area (Å²) in [6.07, 6.45) is -3.46. The average molecular weight is 408 g/mol. The van der Waals surface area contributed by atoms with Crippen molar-refractivity contribution >= 4 is 23.2 Å². The van der Waals surface area contributed by atoms with Crippen LogP contribution in [0.25, 0.3) is 0 Å². The van der Waals surface area contributed by atoms with E-state index >= 15 is 0 Å². The van der Waals surface area contributed by atoms with Crippen molar-refractivity contribution in [2.45, 2.75) is 25.9 Å². The number of benzene rings is 2. The van der Waals surface area contributed by atoms with Crippen molar-refractivity contribution in [3.8, 4) is 11.5 Å². The molecule has 0 radical (unpaired) electrons. The normalized spacial score (nSPS) is 13.3. The number of carbonyl (C=O) groups excluding carboxylic acids is 2. The van der Waals surface area contributed by atoms with Crippen LogP contribution < -0.4 is 20.1 Å². The molecule has 1 heterocycles. The largest absolute Gasteiger partial charge is 0.484 e. The minimum atomic E-state index is -4.45. The van der Waals surface area contributed by atoms with Crippen LogP contribution in [0.3, 0.4) is 0 Å². The molecule has 3 rings (SSSR count). The zero-order valence-electron chi connectivity index (χ0n) is 15.6. The van der Waals surface area contributed by atoms with Crippen LogP contribution in [0, 0.1) is 6.92 Å². The Bertz CT molecular complexity index is 928. The molecule has 0 aromatic heterocycles. The third-order valence-corrected chi connectivity index (χ3v) is 4.29. The Hall–Kier alpha value is -3.23. The van der Waals surface area contributed by atoms with Gasteiger partial charge in [0.25, 0.3) is 5.91 Å². The highest BCUT2D eigenvalue weighted by Gasteiger charge is 2.28. The summed E-state index contributed by atoms with van der Waals surface area (Å²) in [5.41, 5.74) is 2.37. The summed E-state index contributed by atoms with van der Waals surface area (Å²) in [5, 5.41) is 5.36. The minimum Gasteiger partial charge on any atom is -0.484 e. The Kier molecular flexibility index (Phi) is 5.95. The Morgan fingerprint density at radius 3 is 2.72 bits per heavy atom. The first kappa shape index (κ1) is 20.5. The maximum absolute atomic E-state index is 12.3. The zero-order valence-corrected chi connectivity index (χ0v) is 15.6. The Labute approximate surface area is 165 Å². The van der Waals surface area contributed by atoms with E-state index in [-0.39, 0.29) is 18.3 Å². The number of alkyl halides is 3. The van der Waals surface area contributed by atoms with Gasteiger partial charge < -0.3 is 20.1 Å². The summed E-state index contributed by atoms with van der Waals surface area (Å²) in [6.45, 7) is -0.134. The molecule has 1 aliphatic heterocycles. The molecule has 0 fully saturated rings. The van der Waals surface area contributed by atoms with Crippen LogP contribution in [-0.2, 0) is 16.0 Å². The lowest BCUT2D eigenvalue weighted by Crippen LogP contribution is -2.22. The van der Waals surface area contributed by atoms with Gasteiger partial charge in [-0.15, -0.1) is 0 Å². The van der Waals surface area contributed by atoms with Crippen molar-refractivity contribution < 1.29 is 32.2 Å². The lowest BCUT2D eigenvalue weighted by molar-refractivity contribution is -0.153. The fourth-order valence-electron chi connectivity index (χ4n) is 2.85. The number of carbonyl (C=O) groups is 2. The minimum absolute atomic E-state index is 0.0395. The van der Waals surface area contributed by atoms with E-state index < -0.39 is 18.7 Å². The van der Waals surface area contributed by atoms with E-state index in [1.54, 1.807) is 31.2 Å². The highest BCUT2D eigenvalue weighted by Crippen LogP contribution is 2.28. The van der Waals surface area contributed by atoms with Gasteiger partial charge in [0.15, 0.2) is 13.2 Å². The van der Waals surface area contributed by atoms with Crippen molar-refractivity contribution in [1.82, 2.24) is 0 Å². The lowest BCUT2D eigenvalue weighted by Gasteiger charge is -2.18. The van der Waals surface area contributed by atoms with Gasteiger partial charge in [0.1, 0.15) is 11.5 Å². The van der Waals surface area contributed by atoms with Gasteiger partial charge in [-0.05, 0) is 49.2 Å². The number of hydrogen-bond donors (Lipinski definition) is 2. The van der Waals surface area contributed by atoms with Gasteiger partial charge in [-0.1, -0.05) is 6.07 Å².